The van der Waals surface area contributed by atoms with E-state index < -0.39 is 0 Å². The van der Waals surface area contributed by atoms with E-state index >= 15 is 0 Å². The van der Waals surface area contributed by atoms with Crippen molar-refractivity contribution in [1.29, 1.82) is 0 Å². The number of ether oxygens (including phenoxy) is 1. The lowest BCUT2D eigenvalue weighted by atomic mass is 10.2. The third-order valence-corrected chi connectivity index (χ3v) is 4.43. The summed E-state index contributed by atoms with van der Waals surface area (Å²) in [6.45, 7) is 3.93. The molecule has 126 valence electrons. The summed E-state index contributed by atoms with van der Waals surface area (Å²) in [7, 11) is 0. The molecule has 2 aromatic rings. The van der Waals surface area contributed by atoms with Gasteiger partial charge >= 0.3 is 0 Å². The molecule has 2 heterocycles. The number of carbonyl (C=O) groups excluding carboxylic acids is 1. The first-order valence-corrected chi connectivity index (χ1v) is 8.27. The summed E-state index contributed by atoms with van der Waals surface area (Å²) >= 11 is 6.16. The molecule has 0 saturated carbocycles. The van der Waals surface area contributed by atoms with Gasteiger partial charge in [-0.1, -0.05) is 29.8 Å². The predicted molar refractivity (Wildman–Crippen MR) is 92.6 cm³/mol. The Morgan fingerprint density at radius 3 is 2.83 bits per heavy atom. The van der Waals surface area contributed by atoms with Crippen molar-refractivity contribution in [2.45, 2.75) is 19.6 Å². The Kier molecular flexibility index (Phi) is 5.02. The summed E-state index contributed by atoms with van der Waals surface area (Å²) in [6, 6.07) is 10.4. The number of pyridine rings is 1. The van der Waals surface area contributed by atoms with Crippen LogP contribution in [0.1, 0.15) is 22.8 Å². The summed E-state index contributed by atoms with van der Waals surface area (Å²) in [5, 5.41) is 0.600. The van der Waals surface area contributed by atoms with Gasteiger partial charge in [-0.05, 0) is 24.6 Å². The zero-order valence-corrected chi connectivity index (χ0v) is 14.2. The summed E-state index contributed by atoms with van der Waals surface area (Å²) < 4.78 is 6.98. The lowest BCUT2D eigenvalue weighted by molar-refractivity contribution is -0.0124. The van der Waals surface area contributed by atoms with E-state index in [0.29, 0.717) is 36.8 Å². The molecular weight excluding hydrogens is 328 g/mol. The highest BCUT2D eigenvalue weighted by Gasteiger charge is 2.22. The van der Waals surface area contributed by atoms with Crippen molar-refractivity contribution in [3.8, 4) is 0 Å². The molecule has 0 bridgehead atoms. The van der Waals surface area contributed by atoms with E-state index in [1.54, 1.807) is 23.2 Å². The average Bonchev–Trinajstić information content (AvgIpc) is 2.58. The van der Waals surface area contributed by atoms with Crippen LogP contribution in [0.2, 0.25) is 5.02 Å². The van der Waals surface area contributed by atoms with Crippen LogP contribution in [0.25, 0.3) is 0 Å². The van der Waals surface area contributed by atoms with E-state index in [0.717, 1.165) is 5.56 Å². The van der Waals surface area contributed by atoms with Crippen LogP contribution in [0.5, 0.6) is 0 Å². The Labute approximate surface area is 145 Å². The van der Waals surface area contributed by atoms with Crippen molar-refractivity contribution in [3.63, 3.8) is 0 Å². The van der Waals surface area contributed by atoms with Gasteiger partial charge in [0.2, 0.25) is 0 Å². The van der Waals surface area contributed by atoms with E-state index in [1.807, 2.05) is 25.1 Å². The van der Waals surface area contributed by atoms with Crippen LogP contribution >= 0.6 is 11.6 Å². The molecule has 1 aliphatic heterocycles. The first-order chi connectivity index (χ1) is 11.5. The number of hydrogen-bond donors (Lipinski definition) is 0. The van der Waals surface area contributed by atoms with Gasteiger partial charge in [0.1, 0.15) is 0 Å². The van der Waals surface area contributed by atoms with Crippen LogP contribution in [0.3, 0.4) is 0 Å². The fraction of sp³-hybridized carbons (Fsp3) is 0.333. The second kappa shape index (κ2) is 7.20. The Morgan fingerprint density at radius 2 is 2.08 bits per heavy atom. The minimum absolute atomic E-state index is 0.0248. The highest BCUT2D eigenvalue weighted by molar-refractivity contribution is 6.31. The van der Waals surface area contributed by atoms with Gasteiger partial charge in [-0.3, -0.25) is 9.59 Å². The summed E-state index contributed by atoms with van der Waals surface area (Å²) in [4.78, 5) is 26.5. The van der Waals surface area contributed by atoms with Crippen LogP contribution in [0, 0.1) is 0 Å². The molecule has 1 aromatic carbocycles. The molecule has 5 nitrogen and oxygen atoms in total. The third-order valence-electron chi connectivity index (χ3n) is 4.06. The van der Waals surface area contributed by atoms with Gasteiger partial charge in [0.25, 0.3) is 11.5 Å². The highest BCUT2D eigenvalue weighted by atomic mass is 35.5. The Hall–Kier alpha value is -2.11. The summed E-state index contributed by atoms with van der Waals surface area (Å²) in [5.74, 6) is -0.0851. The lowest BCUT2D eigenvalue weighted by Gasteiger charge is -2.31. The van der Waals surface area contributed by atoms with E-state index in [4.69, 9.17) is 16.3 Å². The number of benzene rings is 1. The SMILES string of the molecule is CC1CN(C(=O)c2ccc(=O)n(Cc3ccccc3Cl)c2)CCO1. The normalized spacial score (nSPS) is 17.8. The maximum atomic E-state index is 12.7. The van der Waals surface area contributed by atoms with E-state index in [2.05, 4.69) is 0 Å². The number of aromatic nitrogens is 1. The van der Waals surface area contributed by atoms with Crippen LogP contribution in [-0.2, 0) is 11.3 Å². The number of carbonyl (C=O) groups is 1. The van der Waals surface area contributed by atoms with E-state index in [9.17, 15) is 9.59 Å². The van der Waals surface area contributed by atoms with Gasteiger partial charge in [-0.2, -0.15) is 0 Å². The maximum absolute atomic E-state index is 12.7. The van der Waals surface area contributed by atoms with Gasteiger partial charge in [0.05, 0.1) is 24.8 Å². The maximum Gasteiger partial charge on any atom is 0.255 e. The fourth-order valence-electron chi connectivity index (χ4n) is 2.78. The zero-order chi connectivity index (χ0) is 17.1. The Balaban J connectivity index is 1.85. The van der Waals surface area contributed by atoms with Crippen molar-refractivity contribution in [2.75, 3.05) is 19.7 Å². The quantitative estimate of drug-likeness (QED) is 0.857. The molecule has 3 rings (SSSR count). The van der Waals surface area contributed by atoms with Gasteiger partial charge in [0, 0.05) is 30.4 Å². The van der Waals surface area contributed by atoms with Crippen LogP contribution in [0.15, 0.2) is 47.4 Å². The van der Waals surface area contributed by atoms with Crippen LogP contribution < -0.4 is 5.56 Å². The number of hydrogen-bond acceptors (Lipinski definition) is 3. The van der Waals surface area contributed by atoms with Crippen molar-refractivity contribution in [2.24, 2.45) is 0 Å². The first kappa shape index (κ1) is 16.7. The molecule has 1 saturated heterocycles. The van der Waals surface area contributed by atoms with Crippen LogP contribution in [0.4, 0.5) is 0 Å². The fourth-order valence-corrected chi connectivity index (χ4v) is 2.97. The Bertz CT molecular complexity index is 803. The van der Waals surface area contributed by atoms with E-state index in [-0.39, 0.29) is 17.6 Å². The van der Waals surface area contributed by atoms with Gasteiger partial charge in [-0.15, -0.1) is 0 Å². The summed E-state index contributed by atoms with van der Waals surface area (Å²) in [6.07, 6.45) is 1.63. The first-order valence-electron chi connectivity index (χ1n) is 7.89. The molecule has 0 spiro atoms. The molecule has 1 atom stereocenters. The van der Waals surface area contributed by atoms with Crippen molar-refractivity contribution >= 4 is 17.5 Å². The second-order valence-corrected chi connectivity index (χ2v) is 6.32. The second-order valence-electron chi connectivity index (χ2n) is 5.91. The van der Waals surface area contributed by atoms with Gasteiger partial charge < -0.3 is 14.2 Å². The molecule has 1 fully saturated rings. The molecule has 1 aromatic heterocycles. The van der Waals surface area contributed by atoms with E-state index in [1.165, 1.54) is 10.6 Å². The predicted octanol–water partition coefficient (Wildman–Crippen LogP) is 2.41. The molecule has 24 heavy (non-hydrogen) atoms. The third kappa shape index (κ3) is 3.68. The number of halogens is 1. The van der Waals surface area contributed by atoms with Crippen LogP contribution in [-0.4, -0.2) is 41.2 Å². The van der Waals surface area contributed by atoms with Crippen molar-refractivity contribution < 1.29 is 9.53 Å². The Morgan fingerprint density at radius 1 is 1.29 bits per heavy atom. The lowest BCUT2D eigenvalue weighted by Crippen LogP contribution is -2.44. The largest absolute Gasteiger partial charge is 0.375 e. The summed E-state index contributed by atoms with van der Waals surface area (Å²) in [5.41, 5.74) is 1.17. The number of amides is 1. The highest BCUT2D eigenvalue weighted by Crippen LogP contribution is 2.16. The van der Waals surface area contributed by atoms with Crippen molar-refractivity contribution in [1.82, 2.24) is 9.47 Å². The number of morpholine rings is 1. The minimum atomic E-state index is -0.165. The molecule has 6 heteroatoms. The van der Waals surface area contributed by atoms with Gasteiger partial charge in [0.15, 0.2) is 0 Å². The number of nitrogens with zero attached hydrogens (tertiary/aromatic N) is 2. The minimum Gasteiger partial charge on any atom is -0.375 e. The smallest absolute Gasteiger partial charge is 0.255 e. The average molecular weight is 347 g/mol. The molecule has 1 amide bonds. The number of rotatable bonds is 3. The molecule has 0 aliphatic carbocycles. The van der Waals surface area contributed by atoms with Crippen molar-refractivity contribution in [3.05, 3.63) is 69.1 Å². The zero-order valence-electron chi connectivity index (χ0n) is 13.4. The van der Waals surface area contributed by atoms with Gasteiger partial charge in [-0.25, -0.2) is 0 Å². The molecule has 1 unspecified atom stereocenters. The topological polar surface area (TPSA) is 51.5 Å². The molecule has 1 aliphatic rings. The molecule has 0 radical (unpaired) electrons. The molecule has 0 N–H and O–H groups in total. The standard InChI is InChI=1S/C18H19ClN2O3/c1-13-10-20(8-9-24-13)18(23)15-6-7-17(22)21(12-15)11-14-4-2-3-5-16(14)19/h2-7,12-13H,8-11H2,1H3. The monoisotopic (exact) mass is 346 g/mol. The molecular formula is C18H19ClN2O3.